The molecule has 0 heterocycles. The Morgan fingerprint density at radius 1 is 1.05 bits per heavy atom. The number of aliphatic carboxylic acids is 1. The van der Waals surface area contributed by atoms with Gasteiger partial charge in [-0.25, -0.2) is 4.79 Å². The number of unbranched alkanes of at least 4 members (excludes halogenated alkanes) is 9. The molecule has 0 rings (SSSR count). The summed E-state index contributed by atoms with van der Waals surface area (Å²) in [5.41, 5.74) is -0.706. The van der Waals surface area contributed by atoms with Crippen LogP contribution < -0.4 is 0 Å². The van der Waals surface area contributed by atoms with Gasteiger partial charge < -0.3 is 9.84 Å². The van der Waals surface area contributed by atoms with E-state index in [2.05, 4.69) is 11.8 Å². The third kappa shape index (κ3) is 14.1. The van der Waals surface area contributed by atoms with Crippen molar-refractivity contribution in [2.75, 3.05) is 12.9 Å². The Kier molecular flexibility index (Phi) is 15.2. The summed E-state index contributed by atoms with van der Waals surface area (Å²) in [6, 6.07) is 0. The first kappa shape index (κ1) is 20.3. The van der Waals surface area contributed by atoms with Gasteiger partial charge in [0.25, 0.3) is 0 Å². The van der Waals surface area contributed by atoms with Crippen LogP contribution in [-0.2, 0) is 9.53 Å². The monoisotopic (exact) mass is 314 g/mol. The first-order valence-corrected chi connectivity index (χ1v) is 9.04. The van der Waals surface area contributed by atoms with E-state index in [1.165, 1.54) is 70.2 Å². The molecule has 0 bridgehead atoms. The van der Waals surface area contributed by atoms with E-state index in [1.807, 2.05) is 6.92 Å². The van der Waals surface area contributed by atoms with E-state index >= 15 is 0 Å². The standard InChI is InChI=1S/C17H30O3S/c1-3-4-5-6-7-8-9-10-11-12-13-14-15-21-17(20-2)16(18)19/h17H,5-15H2,1-2H3,(H,18,19). The topological polar surface area (TPSA) is 46.5 Å². The molecule has 0 amide bonds. The molecule has 0 aliphatic carbocycles. The lowest BCUT2D eigenvalue weighted by molar-refractivity contribution is -0.143. The van der Waals surface area contributed by atoms with E-state index in [1.54, 1.807) is 0 Å². The summed E-state index contributed by atoms with van der Waals surface area (Å²) in [5, 5.41) is 8.81. The lowest BCUT2D eigenvalue weighted by atomic mass is 10.1. The third-order valence-electron chi connectivity index (χ3n) is 3.31. The van der Waals surface area contributed by atoms with Crippen molar-refractivity contribution in [3.05, 3.63) is 0 Å². The zero-order valence-electron chi connectivity index (χ0n) is 13.5. The van der Waals surface area contributed by atoms with E-state index < -0.39 is 11.4 Å². The molecule has 0 aliphatic heterocycles. The average molecular weight is 314 g/mol. The first-order valence-electron chi connectivity index (χ1n) is 7.99. The van der Waals surface area contributed by atoms with Crippen LogP contribution in [0.3, 0.4) is 0 Å². The highest BCUT2D eigenvalue weighted by molar-refractivity contribution is 8.00. The van der Waals surface area contributed by atoms with Crippen molar-refractivity contribution >= 4 is 17.7 Å². The maximum atomic E-state index is 10.7. The van der Waals surface area contributed by atoms with E-state index in [-0.39, 0.29) is 0 Å². The highest BCUT2D eigenvalue weighted by Gasteiger charge is 2.15. The lowest BCUT2D eigenvalue weighted by Crippen LogP contribution is -2.18. The van der Waals surface area contributed by atoms with Crippen molar-refractivity contribution in [2.24, 2.45) is 0 Å². The van der Waals surface area contributed by atoms with Gasteiger partial charge in [-0.05, 0) is 25.5 Å². The summed E-state index contributed by atoms with van der Waals surface area (Å²) >= 11 is 1.38. The van der Waals surface area contributed by atoms with Crippen molar-refractivity contribution in [1.29, 1.82) is 0 Å². The van der Waals surface area contributed by atoms with Crippen LogP contribution in [0.25, 0.3) is 0 Å². The number of carboxylic acid groups (broad SMARTS) is 1. The molecule has 0 radical (unpaired) electrons. The number of hydrogen-bond donors (Lipinski definition) is 1. The van der Waals surface area contributed by atoms with Crippen molar-refractivity contribution in [3.63, 3.8) is 0 Å². The Balaban J connectivity index is 3.18. The summed E-state index contributed by atoms with van der Waals surface area (Å²) in [4.78, 5) is 10.7. The van der Waals surface area contributed by atoms with E-state index in [4.69, 9.17) is 9.84 Å². The molecule has 1 atom stereocenters. The van der Waals surface area contributed by atoms with Crippen molar-refractivity contribution in [3.8, 4) is 11.8 Å². The molecule has 1 N–H and O–H groups in total. The van der Waals surface area contributed by atoms with Crippen LogP contribution in [0.2, 0.25) is 0 Å². The number of ether oxygens (including phenoxy) is 1. The quantitative estimate of drug-likeness (QED) is 0.287. The van der Waals surface area contributed by atoms with Gasteiger partial charge >= 0.3 is 5.97 Å². The Bertz CT molecular complexity index is 307. The molecule has 0 aromatic rings. The summed E-state index contributed by atoms with van der Waals surface area (Å²) in [6.07, 6.45) is 12.4. The molecule has 21 heavy (non-hydrogen) atoms. The highest BCUT2D eigenvalue weighted by atomic mass is 32.2. The fraction of sp³-hybridized carbons (Fsp3) is 0.824. The Morgan fingerprint density at radius 2 is 1.57 bits per heavy atom. The van der Waals surface area contributed by atoms with Gasteiger partial charge in [-0.2, -0.15) is 0 Å². The van der Waals surface area contributed by atoms with E-state index in [0.717, 1.165) is 18.6 Å². The van der Waals surface area contributed by atoms with Crippen LogP contribution in [0.4, 0.5) is 0 Å². The zero-order valence-corrected chi connectivity index (χ0v) is 14.3. The predicted octanol–water partition coefficient (Wildman–Crippen LogP) is 4.70. The maximum absolute atomic E-state index is 10.7. The Hall–Kier alpha value is -0.660. The minimum absolute atomic E-state index is 0.706. The molecule has 0 fully saturated rings. The smallest absolute Gasteiger partial charge is 0.343 e. The van der Waals surface area contributed by atoms with Crippen molar-refractivity contribution < 1.29 is 14.6 Å². The minimum atomic E-state index is -0.882. The number of thioether (sulfide) groups is 1. The molecule has 0 spiro atoms. The summed E-state index contributed by atoms with van der Waals surface area (Å²) < 4.78 is 4.87. The molecule has 0 aliphatic rings. The Morgan fingerprint density at radius 3 is 2.05 bits per heavy atom. The number of rotatable bonds is 14. The van der Waals surface area contributed by atoms with Gasteiger partial charge in [0.15, 0.2) is 5.44 Å². The molecule has 4 heteroatoms. The maximum Gasteiger partial charge on any atom is 0.343 e. The molecular formula is C17H30O3S. The van der Waals surface area contributed by atoms with Gasteiger partial charge in [0.1, 0.15) is 0 Å². The first-order chi connectivity index (χ1) is 10.2. The summed E-state index contributed by atoms with van der Waals surface area (Å²) in [5.74, 6) is 6.01. The van der Waals surface area contributed by atoms with Crippen molar-refractivity contribution in [2.45, 2.75) is 76.6 Å². The molecule has 0 saturated heterocycles. The summed E-state index contributed by atoms with van der Waals surface area (Å²) in [7, 11) is 1.45. The van der Waals surface area contributed by atoms with Crippen LogP contribution in [0.1, 0.15) is 71.1 Å². The second kappa shape index (κ2) is 15.7. The third-order valence-corrected chi connectivity index (χ3v) is 4.53. The van der Waals surface area contributed by atoms with Crippen LogP contribution in [0.5, 0.6) is 0 Å². The van der Waals surface area contributed by atoms with E-state index in [9.17, 15) is 4.79 Å². The molecule has 122 valence electrons. The lowest BCUT2D eigenvalue weighted by Gasteiger charge is -2.09. The fourth-order valence-electron chi connectivity index (χ4n) is 2.11. The molecule has 3 nitrogen and oxygen atoms in total. The second-order valence-electron chi connectivity index (χ2n) is 5.14. The predicted molar refractivity (Wildman–Crippen MR) is 90.5 cm³/mol. The zero-order chi connectivity index (χ0) is 15.8. The van der Waals surface area contributed by atoms with Gasteiger partial charge in [0.2, 0.25) is 0 Å². The number of carboxylic acids is 1. The van der Waals surface area contributed by atoms with Crippen molar-refractivity contribution in [1.82, 2.24) is 0 Å². The fourth-order valence-corrected chi connectivity index (χ4v) is 2.97. The van der Waals surface area contributed by atoms with E-state index in [0.29, 0.717) is 0 Å². The Labute approximate surface area is 134 Å². The highest BCUT2D eigenvalue weighted by Crippen LogP contribution is 2.16. The van der Waals surface area contributed by atoms with Gasteiger partial charge in [0, 0.05) is 13.5 Å². The van der Waals surface area contributed by atoms with Gasteiger partial charge in [-0.15, -0.1) is 23.6 Å². The van der Waals surface area contributed by atoms with Crippen LogP contribution >= 0.6 is 11.8 Å². The molecule has 1 unspecified atom stereocenters. The van der Waals surface area contributed by atoms with Crippen LogP contribution in [0, 0.1) is 11.8 Å². The second-order valence-corrected chi connectivity index (χ2v) is 6.31. The van der Waals surface area contributed by atoms with Gasteiger partial charge in [-0.1, -0.05) is 44.9 Å². The molecular weight excluding hydrogens is 284 g/mol. The average Bonchev–Trinajstić information content (AvgIpc) is 2.47. The normalized spacial score (nSPS) is 11.7. The summed E-state index contributed by atoms with van der Waals surface area (Å²) in [6.45, 7) is 1.90. The largest absolute Gasteiger partial charge is 0.479 e. The molecule has 0 aromatic heterocycles. The number of carbonyl (C=O) groups is 1. The number of methoxy groups -OCH3 is 1. The molecule has 0 aromatic carbocycles. The molecule has 0 saturated carbocycles. The minimum Gasteiger partial charge on any atom is -0.479 e. The van der Waals surface area contributed by atoms with Crippen LogP contribution in [0.15, 0.2) is 0 Å². The van der Waals surface area contributed by atoms with Gasteiger partial charge in [-0.3, -0.25) is 0 Å². The van der Waals surface area contributed by atoms with Crippen LogP contribution in [-0.4, -0.2) is 29.4 Å². The number of hydrogen-bond acceptors (Lipinski definition) is 3. The SMILES string of the molecule is CC#CCCCCCCCCCCCSC(OC)C(=O)O. The van der Waals surface area contributed by atoms with Gasteiger partial charge in [0.05, 0.1) is 0 Å².